The number of halogens is 1. The van der Waals surface area contributed by atoms with Crippen LogP contribution in [-0.2, 0) is 6.54 Å². The van der Waals surface area contributed by atoms with E-state index in [-0.39, 0.29) is 0 Å². The van der Waals surface area contributed by atoms with Gasteiger partial charge in [0.15, 0.2) is 0 Å². The lowest BCUT2D eigenvalue weighted by Gasteiger charge is -1.99. The molecule has 0 fully saturated rings. The molecule has 1 rings (SSSR count). The SMILES string of the molecule is CCCNCc1sccc1Cl. The minimum Gasteiger partial charge on any atom is -0.312 e. The van der Waals surface area contributed by atoms with Crippen LogP contribution in [0.5, 0.6) is 0 Å². The lowest BCUT2D eigenvalue weighted by Crippen LogP contribution is -2.12. The van der Waals surface area contributed by atoms with E-state index in [9.17, 15) is 0 Å². The number of thiophene rings is 1. The van der Waals surface area contributed by atoms with E-state index in [1.54, 1.807) is 11.3 Å². The maximum Gasteiger partial charge on any atom is 0.0558 e. The monoisotopic (exact) mass is 189 g/mol. The van der Waals surface area contributed by atoms with Gasteiger partial charge in [0.1, 0.15) is 0 Å². The molecule has 0 aliphatic heterocycles. The van der Waals surface area contributed by atoms with Crippen molar-refractivity contribution < 1.29 is 0 Å². The number of hydrogen-bond acceptors (Lipinski definition) is 2. The summed E-state index contributed by atoms with van der Waals surface area (Å²) in [6.07, 6.45) is 1.17. The average molecular weight is 190 g/mol. The Morgan fingerprint density at radius 2 is 2.45 bits per heavy atom. The van der Waals surface area contributed by atoms with Gasteiger partial charge in [-0.25, -0.2) is 0 Å². The second kappa shape index (κ2) is 4.75. The Balaban J connectivity index is 2.32. The van der Waals surface area contributed by atoms with Gasteiger partial charge >= 0.3 is 0 Å². The zero-order valence-corrected chi connectivity index (χ0v) is 8.13. The zero-order chi connectivity index (χ0) is 8.10. The molecule has 0 saturated heterocycles. The lowest BCUT2D eigenvalue weighted by molar-refractivity contribution is 0.682. The summed E-state index contributed by atoms with van der Waals surface area (Å²) in [5.74, 6) is 0. The molecule has 0 unspecified atom stereocenters. The molecule has 1 nitrogen and oxygen atoms in total. The first kappa shape index (κ1) is 9.04. The first-order valence-electron chi connectivity index (χ1n) is 3.77. The highest BCUT2D eigenvalue weighted by atomic mass is 35.5. The fourth-order valence-electron chi connectivity index (χ4n) is 0.830. The van der Waals surface area contributed by atoms with Crippen molar-refractivity contribution in [2.75, 3.05) is 6.54 Å². The highest BCUT2D eigenvalue weighted by molar-refractivity contribution is 7.10. The van der Waals surface area contributed by atoms with E-state index in [4.69, 9.17) is 11.6 Å². The van der Waals surface area contributed by atoms with Crippen molar-refractivity contribution in [1.82, 2.24) is 5.32 Å². The summed E-state index contributed by atoms with van der Waals surface area (Å²) in [6, 6.07) is 1.94. The molecular weight excluding hydrogens is 178 g/mol. The minimum absolute atomic E-state index is 0.888. The standard InChI is InChI=1S/C8H12ClNS/c1-2-4-10-6-8-7(9)3-5-11-8/h3,5,10H,2,4,6H2,1H3. The topological polar surface area (TPSA) is 12.0 Å². The Morgan fingerprint density at radius 1 is 1.64 bits per heavy atom. The Hall–Kier alpha value is -0.0500. The van der Waals surface area contributed by atoms with Crippen LogP contribution in [0.3, 0.4) is 0 Å². The van der Waals surface area contributed by atoms with Gasteiger partial charge in [-0.05, 0) is 24.4 Å². The molecular formula is C8H12ClNS. The second-order valence-corrected chi connectivity index (χ2v) is 3.78. The van der Waals surface area contributed by atoms with Crippen molar-refractivity contribution in [2.24, 2.45) is 0 Å². The molecule has 1 heterocycles. The quantitative estimate of drug-likeness (QED) is 0.719. The van der Waals surface area contributed by atoms with Crippen LogP contribution in [0, 0.1) is 0 Å². The van der Waals surface area contributed by atoms with E-state index in [2.05, 4.69) is 12.2 Å². The van der Waals surface area contributed by atoms with E-state index >= 15 is 0 Å². The fourth-order valence-corrected chi connectivity index (χ4v) is 1.90. The third-order valence-electron chi connectivity index (χ3n) is 1.40. The Morgan fingerprint density at radius 3 is 3.00 bits per heavy atom. The molecule has 1 aromatic rings. The minimum atomic E-state index is 0.888. The third-order valence-corrected chi connectivity index (χ3v) is 2.79. The molecule has 0 saturated carbocycles. The van der Waals surface area contributed by atoms with Gasteiger partial charge < -0.3 is 5.32 Å². The highest BCUT2D eigenvalue weighted by Gasteiger charge is 1.98. The van der Waals surface area contributed by atoms with Crippen LogP contribution >= 0.6 is 22.9 Å². The van der Waals surface area contributed by atoms with Crippen LogP contribution < -0.4 is 5.32 Å². The predicted molar refractivity (Wildman–Crippen MR) is 51.3 cm³/mol. The summed E-state index contributed by atoms with van der Waals surface area (Å²) in [7, 11) is 0. The number of hydrogen-bond donors (Lipinski definition) is 1. The van der Waals surface area contributed by atoms with Crippen molar-refractivity contribution in [3.05, 3.63) is 21.3 Å². The second-order valence-electron chi connectivity index (χ2n) is 2.37. The summed E-state index contributed by atoms with van der Waals surface area (Å²) >= 11 is 7.59. The third kappa shape index (κ3) is 2.81. The van der Waals surface area contributed by atoms with Crippen LogP contribution in [0.1, 0.15) is 18.2 Å². The maximum absolute atomic E-state index is 5.89. The summed E-state index contributed by atoms with van der Waals surface area (Å²) in [5.41, 5.74) is 0. The molecule has 0 aliphatic carbocycles. The van der Waals surface area contributed by atoms with E-state index in [0.29, 0.717) is 0 Å². The largest absolute Gasteiger partial charge is 0.312 e. The molecule has 0 radical (unpaired) electrons. The molecule has 11 heavy (non-hydrogen) atoms. The number of rotatable bonds is 4. The fraction of sp³-hybridized carbons (Fsp3) is 0.500. The molecule has 0 bridgehead atoms. The molecule has 0 aliphatic rings. The molecule has 0 atom stereocenters. The highest BCUT2D eigenvalue weighted by Crippen LogP contribution is 2.21. The van der Waals surface area contributed by atoms with E-state index in [1.165, 1.54) is 11.3 Å². The normalized spacial score (nSPS) is 10.4. The first-order valence-corrected chi connectivity index (χ1v) is 5.03. The Bertz CT molecular complexity index is 210. The van der Waals surface area contributed by atoms with E-state index < -0.39 is 0 Å². The van der Waals surface area contributed by atoms with Gasteiger partial charge in [-0.3, -0.25) is 0 Å². The van der Waals surface area contributed by atoms with Gasteiger partial charge in [-0.15, -0.1) is 11.3 Å². The molecule has 1 aromatic heterocycles. The van der Waals surface area contributed by atoms with Crippen LogP contribution in [0.4, 0.5) is 0 Å². The molecule has 0 aromatic carbocycles. The first-order chi connectivity index (χ1) is 5.34. The summed E-state index contributed by atoms with van der Waals surface area (Å²) in [5, 5.41) is 6.21. The van der Waals surface area contributed by atoms with Gasteiger partial charge in [-0.1, -0.05) is 18.5 Å². The van der Waals surface area contributed by atoms with E-state index in [0.717, 1.165) is 18.1 Å². The molecule has 1 N–H and O–H groups in total. The Labute approximate surface area is 76.4 Å². The smallest absolute Gasteiger partial charge is 0.0558 e. The van der Waals surface area contributed by atoms with Crippen LogP contribution in [0.15, 0.2) is 11.4 Å². The lowest BCUT2D eigenvalue weighted by atomic mass is 10.4. The van der Waals surface area contributed by atoms with Crippen LogP contribution in [0.2, 0.25) is 5.02 Å². The Kier molecular flexibility index (Phi) is 3.91. The number of nitrogens with one attached hydrogen (secondary N) is 1. The molecule has 0 spiro atoms. The maximum atomic E-state index is 5.89. The summed E-state index contributed by atoms with van der Waals surface area (Å²) in [4.78, 5) is 1.24. The van der Waals surface area contributed by atoms with Crippen molar-refractivity contribution >= 4 is 22.9 Å². The van der Waals surface area contributed by atoms with Crippen molar-refractivity contribution in [1.29, 1.82) is 0 Å². The van der Waals surface area contributed by atoms with Crippen molar-refractivity contribution in [3.63, 3.8) is 0 Å². The predicted octanol–water partition coefficient (Wildman–Crippen LogP) is 2.90. The average Bonchev–Trinajstić information content (AvgIpc) is 2.37. The van der Waals surface area contributed by atoms with Crippen LogP contribution in [-0.4, -0.2) is 6.54 Å². The summed E-state index contributed by atoms with van der Waals surface area (Å²) < 4.78 is 0. The molecule has 62 valence electrons. The molecule has 0 amide bonds. The van der Waals surface area contributed by atoms with Gasteiger partial charge in [0.05, 0.1) is 5.02 Å². The van der Waals surface area contributed by atoms with Crippen molar-refractivity contribution in [2.45, 2.75) is 19.9 Å². The summed E-state index contributed by atoms with van der Waals surface area (Å²) in [6.45, 7) is 4.13. The van der Waals surface area contributed by atoms with Gasteiger partial charge in [0.2, 0.25) is 0 Å². The van der Waals surface area contributed by atoms with Gasteiger partial charge in [0.25, 0.3) is 0 Å². The van der Waals surface area contributed by atoms with Crippen molar-refractivity contribution in [3.8, 4) is 0 Å². The van der Waals surface area contributed by atoms with Gasteiger partial charge in [-0.2, -0.15) is 0 Å². The van der Waals surface area contributed by atoms with Gasteiger partial charge in [0, 0.05) is 11.4 Å². The zero-order valence-electron chi connectivity index (χ0n) is 6.56. The van der Waals surface area contributed by atoms with E-state index in [1.807, 2.05) is 11.4 Å². The van der Waals surface area contributed by atoms with Crippen LogP contribution in [0.25, 0.3) is 0 Å². The molecule has 3 heteroatoms.